The highest BCUT2D eigenvalue weighted by Crippen LogP contribution is 2.35. The molecule has 0 fully saturated rings. The summed E-state index contributed by atoms with van der Waals surface area (Å²) in [4.78, 5) is 17.7. The van der Waals surface area contributed by atoms with Crippen LogP contribution in [0.4, 0.5) is 5.69 Å². The number of fused-ring (bicyclic) bond motifs is 1. The maximum absolute atomic E-state index is 12.9. The molecular formula is C26H26N4O3S2. The minimum atomic E-state index is -3.80. The van der Waals surface area contributed by atoms with Crippen LogP contribution in [0.3, 0.4) is 0 Å². The largest absolute Gasteiger partial charge is 0.325 e. The molecule has 2 atom stereocenters. The third kappa shape index (κ3) is 5.90. The number of hydrogen-bond donors (Lipinski definition) is 2. The predicted octanol–water partition coefficient (Wildman–Crippen LogP) is 4.38. The summed E-state index contributed by atoms with van der Waals surface area (Å²) in [7, 11) is -3.80. The van der Waals surface area contributed by atoms with E-state index in [1.54, 1.807) is 0 Å². The van der Waals surface area contributed by atoms with E-state index >= 15 is 0 Å². The van der Waals surface area contributed by atoms with Crippen molar-refractivity contribution in [2.24, 2.45) is 5.14 Å². The molecule has 9 heteroatoms. The molecule has 1 aromatic heterocycles. The van der Waals surface area contributed by atoms with Crippen molar-refractivity contribution < 1.29 is 13.2 Å². The maximum atomic E-state index is 12.9. The van der Waals surface area contributed by atoms with Crippen LogP contribution in [0.5, 0.6) is 0 Å². The van der Waals surface area contributed by atoms with E-state index in [1.807, 2.05) is 31.2 Å². The molecule has 2 aromatic carbocycles. The van der Waals surface area contributed by atoms with Crippen molar-refractivity contribution in [2.75, 3.05) is 5.32 Å². The number of aryl methyl sites for hydroxylation is 1. The number of benzene rings is 2. The van der Waals surface area contributed by atoms with Gasteiger partial charge in [-0.1, -0.05) is 49.0 Å². The monoisotopic (exact) mass is 506 g/mol. The fourth-order valence-electron chi connectivity index (χ4n) is 4.23. The number of thioether (sulfide) groups is 1. The fraction of sp³-hybridized carbons (Fsp3) is 0.269. The molecule has 2 unspecified atom stereocenters. The highest BCUT2D eigenvalue weighted by Gasteiger charge is 2.26. The van der Waals surface area contributed by atoms with Crippen molar-refractivity contribution in [1.82, 2.24) is 4.98 Å². The first-order valence-corrected chi connectivity index (χ1v) is 13.8. The van der Waals surface area contributed by atoms with Crippen molar-refractivity contribution in [2.45, 2.75) is 53.7 Å². The summed E-state index contributed by atoms with van der Waals surface area (Å²) >= 11 is 1.28. The number of rotatable bonds is 7. The lowest BCUT2D eigenvalue weighted by Crippen LogP contribution is -2.25. The Morgan fingerprint density at radius 3 is 2.57 bits per heavy atom. The molecule has 0 saturated carbocycles. The molecule has 0 bridgehead atoms. The second kappa shape index (κ2) is 10.6. The molecule has 1 heterocycles. The number of nitrogens with one attached hydrogen (secondary N) is 1. The molecule has 0 saturated heterocycles. The summed E-state index contributed by atoms with van der Waals surface area (Å²) in [6.07, 6.45) is 3.20. The minimum Gasteiger partial charge on any atom is -0.325 e. The number of nitriles is 1. The van der Waals surface area contributed by atoms with Gasteiger partial charge in [-0.05, 0) is 73.1 Å². The highest BCUT2D eigenvalue weighted by molar-refractivity contribution is 8.00. The summed E-state index contributed by atoms with van der Waals surface area (Å²) < 4.78 is 22.9. The average Bonchev–Trinajstić information content (AvgIpc) is 2.86. The van der Waals surface area contributed by atoms with E-state index in [9.17, 15) is 18.5 Å². The Kier molecular flexibility index (Phi) is 7.55. The van der Waals surface area contributed by atoms with Gasteiger partial charge in [-0.25, -0.2) is 18.5 Å². The molecule has 0 spiro atoms. The SMILES string of the molecule is CCC(Sc1nc2c(cc1C#N)CC(c1ccccc1)CC2)C(=O)Nc1ccc(S(N)(=O)=O)cc1. The van der Waals surface area contributed by atoms with Gasteiger partial charge in [0.05, 0.1) is 15.7 Å². The third-order valence-corrected chi connectivity index (χ3v) is 8.41. The second-order valence-corrected chi connectivity index (χ2v) is 11.2. The highest BCUT2D eigenvalue weighted by atomic mass is 32.2. The Labute approximate surface area is 209 Å². The van der Waals surface area contributed by atoms with Gasteiger partial charge < -0.3 is 5.32 Å². The smallest absolute Gasteiger partial charge is 0.238 e. The van der Waals surface area contributed by atoms with Crippen molar-refractivity contribution in [3.8, 4) is 6.07 Å². The second-order valence-electron chi connectivity index (χ2n) is 8.48. The molecule has 7 nitrogen and oxygen atoms in total. The van der Waals surface area contributed by atoms with Gasteiger partial charge in [0.1, 0.15) is 11.1 Å². The molecule has 1 aliphatic rings. The average molecular weight is 507 g/mol. The standard InChI is InChI=1S/C26H26N4O3S2/c1-2-24(25(31)29-21-9-11-22(12-10-21)35(28,32)33)34-26-20(16-27)15-19-14-18(8-13-23(19)30-26)17-6-4-3-5-7-17/h3-7,9-12,15,18,24H,2,8,13-14H2,1H3,(H,29,31)(H2,28,32,33). The first-order chi connectivity index (χ1) is 16.8. The Hall–Kier alpha value is -3.19. The van der Waals surface area contributed by atoms with Crippen molar-refractivity contribution in [1.29, 1.82) is 5.26 Å². The Bertz CT molecular complexity index is 1370. The Morgan fingerprint density at radius 1 is 1.23 bits per heavy atom. The molecule has 180 valence electrons. The van der Waals surface area contributed by atoms with Crippen LogP contribution in [0.1, 0.15) is 48.1 Å². The zero-order valence-corrected chi connectivity index (χ0v) is 20.9. The fourth-order valence-corrected chi connectivity index (χ4v) is 5.74. The Balaban J connectivity index is 1.49. The summed E-state index contributed by atoms with van der Waals surface area (Å²) in [6, 6.07) is 20.3. The molecular weight excluding hydrogens is 480 g/mol. The number of anilines is 1. The Morgan fingerprint density at radius 2 is 1.94 bits per heavy atom. The van der Waals surface area contributed by atoms with Crippen LogP contribution in [0, 0.1) is 11.3 Å². The number of nitrogens with two attached hydrogens (primary N) is 1. The van der Waals surface area contributed by atoms with Gasteiger partial charge in [0, 0.05) is 11.4 Å². The van der Waals surface area contributed by atoms with Gasteiger partial charge >= 0.3 is 0 Å². The number of primary sulfonamides is 1. The van der Waals surface area contributed by atoms with Crippen molar-refractivity contribution >= 4 is 33.4 Å². The number of aromatic nitrogens is 1. The first-order valence-electron chi connectivity index (χ1n) is 11.4. The van der Waals surface area contributed by atoms with Crippen LogP contribution in [0.25, 0.3) is 0 Å². The van der Waals surface area contributed by atoms with Gasteiger partial charge in [0.25, 0.3) is 0 Å². The summed E-state index contributed by atoms with van der Waals surface area (Å²) in [5.41, 5.74) is 4.33. The van der Waals surface area contributed by atoms with Crippen LogP contribution in [-0.4, -0.2) is 24.6 Å². The summed E-state index contributed by atoms with van der Waals surface area (Å²) in [5, 5.41) is 17.8. The van der Waals surface area contributed by atoms with Crippen LogP contribution in [-0.2, 0) is 27.7 Å². The zero-order valence-electron chi connectivity index (χ0n) is 19.3. The van der Waals surface area contributed by atoms with Gasteiger partial charge in [-0.2, -0.15) is 5.26 Å². The normalized spacial score (nSPS) is 16.1. The zero-order chi connectivity index (χ0) is 25.0. The van der Waals surface area contributed by atoms with E-state index in [-0.39, 0.29) is 10.8 Å². The van der Waals surface area contributed by atoms with Crippen molar-refractivity contribution in [3.63, 3.8) is 0 Å². The predicted molar refractivity (Wildman–Crippen MR) is 137 cm³/mol. The molecule has 1 amide bonds. The number of nitrogens with zero attached hydrogens (tertiary/aromatic N) is 2. The first kappa shape index (κ1) is 24.9. The lowest BCUT2D eigenvalue weighted by Gasteiger charge is -2.25. The van der Waals surface area contributed by atoms with E-state index in [1.165, 1.54) is 41.6 Å². The minimum absolute atomic E-state index is 0.0247. The molecule has 4 rings (SSSR count). The van der Waals surface area contributed by atoms with Gasteiger partial charge in [0.15, 0.2) is 0 Å². The maximum Gasteiger partial charge on any atom is 0.238 e. The van der Waals surface area contributed by atoms with Crippen LogP contribution >= 0.6 is 11.8 Å². The number of carbonyl (C=O) groups is 1. The molecule has 35 heavy (non-hydrogen) atoms. The van der Waals surface area contributed by atoms with Crippen LogP contribution < -0.4 is 10.5 Å². The number of hydrogen-bond acceptors (Lipinski definition) is 6. The van der Waals surface area contributed by atoms with Crippen molar-refractivity contribution in [3.05, 3.63) is 83.0 Å². The third-order valence-electron chi connectivity index (χ3n) is 6.11. The van der Waals surface area contributed by atoms with E-state index in [4.69, 9.17) is 10.1 Å². The number of pyridine rings is 1. The lowest BCUT2D eigenvalue weighted by atomic mass is 9.82. The van der Waals surface area contributed by atoms with E-state index in [0.29, 0.717) is 28.6 Å². The summed E-state index contributed by atoms with van der Waals surface area (Å²) in [5.74, 6) is 0.166. The van der Waals surface area contributed by atoms with Gasteiger partial charge in [-0.3, -0.25) is 4.79 Å². The molecule has 3 N–H and O–H groups in total. The van der Waals surface area contributed by atoms with Gasteiger partial charge in [-0.15, -0.1) is 0 Å². The van der Waals surface area contributed by atoms with E-state index in [0.717, 1.165) is 30.5 Å². The van der Waals surface area contributed by atoms with Crippen LogP contribution in [0.15, 0.2) is 70.6 Å². The summed E-state index contributed by atoms with van der Waals surface area (Å²) in [6.45, 7) is 1.90. The molecule has 0 radical (unpaired) electrons. The number of amides is 1. The van der Waals surface area contributed by atoms with Crippen LogP contribution in [0.2, 0.25) is 0 Å². The molecule has 0 aliphatic heterocycles. The number of sulfonamides is 1. The van der Waals surface area contributed by atoms with Gasteiger partial charge in [0.2, 0.25) is 15.9 Å². The topological polar surface area (TPSA) is 126 Å². The molecule has 1 aliphatic carbocycles. The number of carbonyl (C=O) groups excluding carboxylic acids is 1. The quantitative estimate of drug-likeness (QED) is 0.458. The lowest BCUT2D eigenvalue weighted by molar-refractivity contribution is -0.115. The molecule has 3 aromatic rings. The van der Waals surface area contributed by atoms with E-state index < -0.39 is 15.3 Å². The van der Waals surface area contributed by atoms with E-state index in [2.05, 4.69) is 23.5 Å².